The fourth-order valence-corrected chi connectivity index (χ4v) is 3.04. The molecule has 0 heterocycles. The molecule has 2 heteroatoms. The molecule has 0 radical (unpaired) electrons. The van der Waals surface area contributed by atoms with Crippen LogP contribution in [0.5, 0.6) is 0 Å². The Morgan fingerprint density at radius 2 is 2.22 bits per heavy atom. The number of carboxylic acids is 1. The summed E-state index contributed by atoms with van der Waals surface area (Å²) in [6.07, 6.45) is 5.82. The largest absolute Gasteiger partial charge is 0.481 e. The van der Waals surface area contributed by atoms with Gasteiger partial charge in [-0.1, -0.05) is 38.5 Å². The van der Waals surface area contributed by atoms with Crippen LogP contribution in [-0.2, 0) is 23.1 Å². The normalized spacial score (nSPS) is 21.9. The van der Waals surface area contributed by atoms with Gasteiger partial charge in [0.1, 0.15) is 0 Å². The predicted molar refractivity (Wildman–Crippen MR) is 73.0 cm³/mol. The smallest absolute Gasteiger partial charge is 0.304 e. The highest BCUT2D eigenvalue weighted by Crippen LogP contribution is 2.41. The highest BCUT2D eigenvalue weighted by molar-refractivity contribution is 5.69. The van der Waals surface area contributed by atoms with E-state index in [9.17, 15) is 4.79 Å². The van der Waals surface area contributed by atoms with Gasteiger partial charge in [-0.3, -0.25) is 4.79 Å². The molecule has 0 aliphatic heterocycles. The van der Waals surface area contributed by atoms with E-state index in [2.05, 4.69) is 32.0 Å². The van der Waals surface area contributed by atoms with E-state index in [1.165, 1.54) is 29.5 Å². The molecule has 1 aromatic rings. The number of aliphatic carboxylic acids is 1. The number of hydrogen-bond acceptors (Lipinski definition) is 1. The van der Waals surface area contributed by atoms with Gasteiger partial charge in [0.15, 0.2) is 0 Å². The average Bonchev–Trinajstić information content (AvgIpc) is 2.63. The molecule has 1 N–H and O–H groups in total. The average molecular weight is 246 g/mol. The number of rotatable bonds is 5. The lowest BCUT2D eigenvalue weighted by Crippen LogP contribution is -2.22. The van der Waals surface area contributed by atoms with Crippen molar-refractivity contribution >= 4 is 5.97 Å². The lowest BCUT2D eigenvalue weighted by Gasteiger charge is -2.23. The van der Waals surface area contributed by atoms with Crippen LogP contribution in [0.3, 0.4) is 0 Å². The molecule has 18 heavy (non-hydrogen) atoms. The first-order valence-corrected chi connectivity index (χ1v) is 6.89. The molecule has 0 bridgehead atoms. The van der Waals surface area contributed by atoms with E-state index < -0.39 is 5.97 Å². The molecule has 1 aliphatic carbocycles. The van der Waals surface area contributed by atoms with Crippen LogP contribution in [0.4, 0.5) is 0 Å². The van der Waals surface area contributed by atoms with Gasteiger partial charge in [0.25, 0.3) is 0 Å². The van der Waals surface area contributed by atoms with E-state index in [-0.39, 0.29) is 11.8 Å². The van der Waals surface area contributed by atoms with Crippen molar-refractivity contribution in [2.45, 2.75) is 57.8 Å². The van der Waals surface area contributed by atoms with Crippen molar-refractivity contribution in [1.29, 1.82) is 0 Å². The Bertz CT molecular complexity index is 450. The molecule has 0 fully saturated rings. The summed E-state index contributed by atoms with van der Waals surface area (Å²) in [6.45, 7) is 4.29. The fourth-order valence-electron chi connectivity index (χ4n) is 3.04. The van der Waals surface area contributed by atoms with Gasteiger partial charge in [0, 0.05) is 5.41 Å². The minimum atomic E-state index is -0.694. The number of carboxylic acid groups (broad SMARTS) is 1. The minimum Gasteiger partial charge on any atom is -0.481 e. The number of benzene rings is 1. The zero-order valence-corrected chi connectivity index (χ0v) is 11.3. The van der Waals surface area contributed by atoms with Gasteiger partial charge in [0.2, 0.25) is 0 Å². The lowest BCUT2D eigenvalue weighted by molar-refractivity contribution is -0.138. The highest BCUT2D eigenvalue weighted by Gasteiger charge is 2.36. The van der Waals surface area contributed by atoms with Crippen LogP contribution >= 0.6 is 0 Å². The minimum absolute atomic E-state index is 0.162. The van der Waals surface area contributed by atoms with Crippen LogP contribution < -0.4 is 0 Å². The number of unbranched alkanes of at least 4 members (excludes halogenated alkanes) is 1. The number of fused-ring (bicyclic) bond motifs is 1. The third kappa shape index (κ3) is 2.58. The highest BCUT2D eigenvalue weighted by atomic mass is 16.4. The van der Waals surface area contributed by atoms with Crippen LogP contribution in [0.2, 0.25) is 0 Å². The van der Waals surface area contributed by atoms with Gasteiger partial charge >= 0.3 is 5.97 Å². The van der Waals surface area contributed by atoms with Gasteiger partial charge in [-0.25, -0.2) is 0 Å². The number of aryl methyl sites for hydroxylation is 2. The molecule has 2 rings (SSSR count). The summed E-state index contributed by atoms with van der Waals surface area (Å²) < 4.78 is 0. The molecule has 0 aromatic heterocycles. The monoisotopic (exact) mass is 246 g/mol. The zero-order valence-electron chi connectivity index (χ0n) is 11.3. The van der Waals surface area contributed by atoms with Crippen molar-refractivity contribution in [3.8, 4) is 0 Å². The lowest BCUT2D eigenvalue weighted by atomic mass is 9.81. The van der Waals surface area contributed by atoms with Crippen LogP contribution in [-0.4, -0.2) is 11.1 Å². The summed E-state index contributed by atoms with van der Waals surface area (Å²) in [4.78, 5) is 11.0. The van der Waals surface area contributed by atoms with Crippen molar-refractivity contribution in [3.63, 3.8) is 0 Å². The van der Waals surface area contributed by atoms with Crippen molar-refractivity contribution < 1.29 is 9.90 Å². The molecule has 1 aliphatic rings. The molecular weight excluding hydrogens is 224 g/mol. The first kappa shape index (κ1) is 13.1. The van der Waals surface area contributed by atoms with Crippen molar-refractivity contribution in [2.75, 3.05) is 0 Å². The van der Waals surface area contributed by atoms with Crippen LogP contribution in [0.15, 0.2) is 18.2 Å². The summed E-state index contributed by atoms with van der Waals surface area (Å²) in [6, 6.07) is 6.63. The quantitative estimate of drug-likeness (QED) is 0.860. The second-order valence-electron chi connectivity index (χ2n) is 5.73. The summed E-state index contributed by atoms with van der Waals surface area (Å²) in [7, 11) is 0. The van der Waals surface area contributed by atoms with E-state index >= 15 is 0 Å². The fraction of sp³-hybridized carbons (Fsp3) is 0.562. The maximum atomic E-state index is 11.0. The van der Waals surface area contributed by atoms with Crippen LogP contribution in [0.1, 0.15) is 56.2 Å². The van der Waals surface area contributed by atoms with E-state index in [1.807, 2.05) is 0 Å². The van der Waals surface area contributed by atoms with E-state index in [0.717, 1.165) is 19.3 Å². The molecule has 0 spiro atoms. The molecule has 2 nitrogen and oxygen atoms in total. The van der Waals surface area contributed by atoms with Crippen LogP contribution in [0.25, 0.3) is 0 Å². The molecule has 1 atom stereocenters. The van der Waals surface area contributed by atoms with E-state index in [1.54, 1.807) is 0 Å². The van der Waals surface area contributed by atoms with Gasteiger partial charge in [-0.15, -0.1) is 0 Å². The Hall–Kier alpha value is -1.31. The van der Waals surface area contributed by atoms with E-state index in [0.29, 0.717) is 0 Å². The Morgan fingerprint density at radius 1 is 1.44 bits per heavy atom. The predicted octanol–water partition coefficient (Wildman–Crippen LogP) is 3.71. The second-order valence-corrected chi connectivity index (χ2v) is 5.73. The third-order valence-corrected chi connectivity index (χ3v) is 4.13. The van der Waals surface area contributed by atoms with Crippen molar-refractivity contribution in [1.82, 2.24) is 0 Å². The molecule has 0 amide bonds. The van der Waals surface area contributed by atoms with Gasteiger partial charge in [-0.05, 0) is 42.4 Å². The summed E-state index contributed by atoms with van der Waals surface area (Å²) in [5.41, 5.74) is 3.86. The Balaban J connectivity index is 2.21. The molecule has 0 saturated heterocycles. The van der Waals surface area contributed by atoms with Gasteiger partial charge in [-0.2, -0.15) is 0 Å². The summed E-state index contributed by atoms with van der Waals surface area (Å²) >= 11 is 0. The summed E-state index contributed by atoms with van der Waals surface area (Å²) in [5, 5.41) is 9.04. The standard InChI is InChI=1S/C16H22O2/c1-3-4-5-12-6-7-14-13(10-12)8-9-16(14,2)11-15(17)18/h6-7,10H,3-5,8-9,11H2,1-2H3,(H,17,18). The van der Waals surface area contributed by atoms with E-state index in [4.69, 9.17) is 5.11 Å². The zero-order chi connectivity index (χ0) is 13.2. The second kappa shape index (κ2) is 5.13. The molecule has 1 unspecified atom stereocenters. The topological polar surface area (TPSA) is 37.3 Å². The number of carbonyl (C=O) groups is 1. The first-order chi connectivity index (χ1) is 8.55. The molecule has 98 valence electrons. The number of hydrogen-bond donors (Lipinski definition) is 1. The Kier molecular flexibility index (Phi) is 3.74. The third-order valence-electron chi connectivity index (χ3n) is 4.13. The van der Waals surface area contributed by atoms with Crippen LogP contribution in [0, 0.1) is 0 Å². The Labute approximate surface area is 109 Å². The maximum Gasteiger partial charge on any atom is 0.304 e. The SMILES string of the molecule is CCCCc1ccc2c(c1)CCC2(C)CC(=O)O. The molecule has 1 aromatic carbocycles. The first-order valence-electron chi connectivity index (χ1n) is 6.89. The van der Waals surface area contributed by atoms with Crippen molar-refractivity contribution in [2.24, 2.45) is 0 Å². The Morgan fingerprint density at radius 3 is 2.89 bits per heavy atom. The van der Waals surface area contributed by atoms with Gasteiger partial charge in [0.05, 0.1) is 6.42 Å². The molecular formula is C16H22O2. The maximum absolute atomic E-state index is 11.0. The summed E-state index contributed by atoms with van der Waals surface area (Å²) in [5.74, 6) is -0.694. The van der Waals surface area contributed by atoms with Gasteiger partial charge < -0.3 is 5.11 Å². The van der Waals surface area contributed by atoms with Crippen molar-refractivity contribution in [3.05, 3.63) is 34.9 Å². The molecule has 0 saturated carbocycles.